The van der Waals surface area contributed by atoms with Gasteiger partial charge in [0.2, 0.25) is 5.43 Å². The second-order valence-electron chi connectivity index (χ2n) is 4.37. The van der Waals surface area contributed by atoms with E-state index in [4.69, 9.17) is 4.42 Å². The molecular formula is C15H8BrIO4. The Morgan fingerprint density at radius 2 is 1.81 bits per heavy atom. The number of hydrogen-bond donors (Lipinski definition) is 2. The number of para-hydroxylation sites is 1. The SMILES string of the molecule is O=c1c(I)c(-c2ccc(O)c(O)c2Br)oc2ccccc12. The molecule has 0 fully saturated rings. The van der Waals surface area contributed by atoms with Gasteiger partial charge in [-0.05, 0) is 62.8 Å². The van der Waals surface area contributed by atoms with E-state index in [1.807, 2.05) is 22.6 Å². The molecule has 0 saturated carbocycles. The lowest BCUT2D eigenvalue weighted by Crippen LogP contribution is -2.07. The summed E-state index contributed by atoms with van der Waals surface area (Å²) in [6, 6.07) is 9.90. The zero-order valence-electron chi connectivity index (χ0n) is 10.4. The van der Waals surface area contributed by atoms with E-state index >= 15 is 0 Å². The van der Waals surface area contributed by atoms with Gasteiger partial charge in [0.05, 0.1) is 9.86 Å². The average Bonchev–Trinajstić information content (AvgIpc) is 2.49. The molecule has 3 rings (SSSR count). The molecule has 0 radical (unpaired) electrons. The van der Waals surface area contributed by atoms with Gasteiger partial charge in [0.1, 0.15) is 9.15 Å². The molecule has 0 aliphatic carbocycles. The van der Waals surface area contributed by atoms with Gasteiger partial charge in [0.25, 0.3) is 0 Å². The number of aromatic hydroxyl groups is 2. The molecule has 0 aliphatic heterocycles. The van der Waals surface area contributed by atoms with Crippen LogP contribution in [0.3, 0.4) is 0 Å². The van der Waals surface area contributed by atoms with Gasteiger partial charge < -0.3 is 14.6 Å². The van der Waals surface area contributed by atoms with E-state index < -0.39 is 0 Å². The van der Waals surface area contributed by atoms with Crippen molar-refractivity contribution in [1.82, 2.24) is 0 Å². The summed E-state index contributed by atoms with van der Waals surface area (Å²) in [5.74, 6) is -0.190. The summed E-state index contributed by atoms with van der Waals surface area (Å²) in [6.07, 6.45) is 0. The van der Waals surface area contributed by atoms with E-state index in [1.165, 1.54) is 6.07 Å². The lowest BCUT2D eigenvalue weighted by atomic mass is 10.1. The van der Waals surface area contributed by atoms with E-state index in [2.05, 4.69) is 15.9 Å². The van der Waals surface area contributed by atoms with Gasteiger partial charge in [-0.1, -0.05) is 12.1 Å². The predicted octanol–water partition coefficient (Wildman–Crippen LogP) is 4.24. The van der Waals surface area contributed by atoms with Crippen molar-refractivity contribution < 1.29 is 14.6 Å². The fourth-order valence-corrected chi connectivity index (χ4v) is 3.23. The highest BCUT2D eigenvalue weighted by Gasteiger charge is 2.18. The van der Waals surface area contributed by atoms with Crippen molar-refractivity contribution in [1.29, 1.82) is 0 Å². The third-order valence-electron chi connectivity index (χ3n) is 3.08. The molecule has 0 atom stereocenters. The number of phenols is 2. The first kappa shape index (κ1) is 14.4. The van der Waals surface area contributed by atoms with Gasteiger partial charge in [-0.3, -0.25) is 4.79 Å². The molecule has 4 nitrogen and oxygen atoms in total. The van der Waals surface area contributed by atoms with E-state index in [-0.39, 0.29) is 21.4 Å². The maximum Gasteiger partial charge on any atom is 0.206 e. The maximum atomic E-state index is 12.4. The summed E-state index contributed by atoms with van der Waals surface area (Å²) in [5.41, 5.74) is 0.835. The van der Waals surface area contributed by atoms with Gasteiger partial charge in [0.15, 0.2) is 17.3 Å². The molecule has 3 aromatic rings. The average molecular weight is 459 g/mol. The molecule has 2 N–H and O–H groups in total. The maximum absolute atomic E-state index is 12.4. The molecule has 0 aliphatic rings. The minimum atomic E-state index is -0.292. The summed E-state index contributed by atoms with van der Waals surface area (Å²) >= 11 is 5.14. The van der Waals surface area contributed by atoms with Crippen molar-refractivity contribution >= 4 is 49.5 Å². The van der Waals surface area contributed by atoms with Crippen LogP contribution >= 0.6 is 38.5 Å². The van der Waals surface area contributed by atoms with Crippen LogP contribution in [0.5, 0.6) is 11.5 Å². The molecule has 0 spiro atoms. The summed E-state index contributed by atoms with van der Waals surface area (Å²) in [7, 11) is 0. The Morgan fingerprint density at radius 1 is 1.10 bits per heavy atom. The highest BCUT2D eigenvalue weighted by atomic mass is 127. The van der Waals surface area contributed by atoms with Crippen molar-refractivity contribution in [3.63, 3.8) is 0 Å². The Morgan fingerprint density at radius 3 is 2.57 bits per heavy atom. The highest BCUT2D eigenvalue weighted by Crippen LogP contribution is 2.41. The Hall–Kier alpha value is -1.54. The van der Waals surface area contributed by atoms with E-state index in [9.17, 15) is 15.0 Å². The number of fused-ring (bicyclic) bond motifs is 1. The number of benzene rings is 2. The highest BCUT2D eigenvalue weighted by molar-refractivity contribution is 14.1. The monoisotopic (exact) mass is 458 g/mol. The van der Waals surface area contributed by atoms with Crippen LogP contribution in [0.2, 0.25) is 0 Å². The predicted molar refractivity (Wildman–Crippen MR) is 91.7 cm³/mol. The summed E-state index contributed by atoms with van der Waals surface area (Å²) < 4.78 is 6.50. The third-order valence-corrected chi connectivity index (χ3v) is 4.86. The van der Waals surface area contributed by atoms with E-state index in [0.717, 1.165) is 0 Å². The fourth-order valence-electron chi connectivity index (χ4n) is 2.02. The first-order valence-electron chi connectivity index (χ1n) is 5.93. The molecule has 2 aromatic carbocycles. The molecule has 0 bridgehead atoms. The molecule has 0 amide bonds. The Labute approximate surface area is 141 Å². The molecule has 1 aromatic heterocycles. The zero-order valence-corrected chi connectivity index (χ0v) is 14.2. The van der Waals surface area contributed by atoms with Crippen LogP contribution in [0.4, 0.5) is 0 Å². The van der Waals surface area contributed by atoms with Crippen LogP contribution in [0.1, 0.15) is 0 Å². The summed E-state index contributed by atoms with van der Waals surface area (Å²) in [6.45, 7) is 0. The molecule has 1 heterocycles. The molecule has 106 valence electrons. The van der Waals surface area contributed by atoms with Gasteiger partial charge in [-0.2, -0.15) is 0 Å². The number of rotatable bonds is 1. The minimum absolute atomic E-state index is 0.132. The van der Waals surface area contributed by atoms with Crippen molar-refractivity contribution in [2.24, 2.45) is 0 Å². The number of hydrogen-bond acceptors (Lipinski definition) is 4. The van der Waals surface area contributed by atoms with Crippen LogP contribution < -0.4 is 5.43 Å². The van der Waals surface area contributed by atoms with Crippen LogP contribution in [0.25, 0.3) is 22.3 Å². The Bertz CT molecular complexity index is 917. The lowest BCUT2D eigenvalue weighted by Gasteiger charge is -2.09. The molecule has 6 heteroatoms. The van der Waals surface area contributed by atoms with Crippen LogP contribution in [0, 0.1) is 3.57 Å². The number of halogens is 2. The van der Waals surface area contributed by atoms with Crippen LogP contribution in [-0.4, -0.2) is 10.2 Å². The third kappa shape index (κ3) is 2.32. The minimum Gasteiger partial charge on any atom is -0.504 e. The van der Waals surface area contributed by atoms with Gasteiger partial charge >= 0.3 is 0 Å². The van der Waals surface area contributed by atoms with Gasteiger partial charge in [0, 0.05) is 5.56 Å². The largest absolute Gasteiger partial charge is 0.504 e. The molecule has 0 unspecified atom stereocenters. The number of phenolic OH excluding ortho intramolecular Hbond substituents is 2. The second-order valence-corrected chi connectivity index (χ2v) is 6.24. The van der Waals surface area contributed by atoms with Crippen LogP contribution in [-0.2, 0) is 0 Å². The Balaban J connectivity index is 2.39. The Kier molecular flexibility index (Phi) is 3.66. The van der Waals surface area contributed by atoms with Crippen LogP contribution in [0.15, 0.2) is 50.1 Å². The summed E-state index contributed by atoms with van der Waals surface area (Å²) in [5, 5.41) is 19.8. The summed E-state index contributed by atoms with van der Waals surface area (Å²) in [4.78, 5) is 12.4. The molecular weight excluding hydrogens is 451 g/mol. The first-order chi connectivity index (χ1) is 10.0. The molecule has 0 saturated heterocycles. The van der Waals surface area contributed by atoms with Crippen molar-refractivity contribution in [3.8, 4) is 22.8 Å². The van der Waals surface area contributed by atoms with Crippen molar-refractivity contribution in [2.45, 2.75) is 0 Å². The standard InChI is InChI=1S/C15H8BrIO4/c16-11-8(5-6-9(18)14(11)20)15-12(17)13(19)7-3-1-2-4-10(7)21-15/h1-6,18,20H. The second kappa shape index (κ2) is 5.34. The first-order valence-corrected chi connectivity index (χ1v) is 7.80. The fraction of sp³-hybridized carbons (Fsp3) is 0. The zero-order chi connectivity index (χ0) is 15.1. The van der Waals surface area contributed by atoms with E-state index in [0.29, 0.717) is 25.9 Å². The van der Waals surface area contributed by atoms with Gasteiger partial charge in [-0.15, -0.1) is 0 Å². The lowest BCUT2D eigenvalue weighted by molar-refractivity contribution is 0.401. The smallest absolute Gasteiger partial charge is 0.206 e. The van der Waals surface area contributed by atoms with Gasteiger partial charge in [-0.25, -0.2) is 0 Å². The van der Waals surface area contributed by atoms with Crippen molar-refractivity contribution in [2.75, 3.05) is 0 Å². The molecule has 21 heavy (non-hydrogen) atoms. The van der Waals surface area contributed by atoms with E-state index in [1.54, 1.807) is 30.3 Å². The topological polar surface area (TPSA) is 70.7 Å². The van der Waals surface area contributed by atoms with Crippen molar-refractivity contribution in [3.05, 3.63) is 54.7 Å². The normalized spacial score (nSPS) is 11.0. The quantitative estimate of drug-likeness (QED) is 0.422.